The van der Waals surface area contributed by atoms with E-state index in [1.54, 1.807) is 12.1 Å². The molecule has 3 N–H and O–H groups in total. The maximum Gasteiger partial charge on any atom is 0.410 e. The number of carboxylic acid groups (broad SMARTS) is 1. The minimum atomic E-state index is -5.12. The van der Waals surface area contributed by atoms with E-state index in [4.69, 9.17) is 9.15 Å². The standard InChI is InChI=1S/C22H27F3N2O6S/c1-11-16(14-9-13(7-8-15(14)33-11)32-10-12-5-6-12)19(28)26-17(20(29)30)18(22(23,24)25)27-34(31)21(2,3)4/h7-9,12,17-18,27H,5-6,10H2,1-4H3,(H,26,28)(H,29,30)/t17?,18?,34-/m1/s1. The van der Waals surface area contributed by atoms with Gasteiger partial charge in [0.2, 0.25) is 0 Å². The minimum Gasteiger partial charge on any atom is -0.598 e. The fourth-order valence-electron chi connectivity index (χ4n) is 3.19. The molecular weight excluding hydrogens is 477 g/mol. The van der Waals surface area contributed by atoms with Gasteiger partial charge in [-0.1, -0.05) is 0 Å². The molecule has 0 saturated heterocycles. The average molecular weight is 505 g/mol. The summed E-state index contributed by atoms with van der Waals surface area (Å²) in [6, 6.07) is -0.487. The third kappa shape index (κ3) is 6.16. The number of halogens is 3. The summed E-state index contributed by atoms with van der Waals surface area (Å²) in [5, 5.41) is 11.7. The monoisotopic (exact) mass is 504 g/mol. The SMILES string of the molecule is Cc1oc2ccc(OCC3CC3)cc2c1C(=O)NC(C(=O)O)C(N[S@+]([O-])C(C)(C)C)C(F)(F)F. The lowest BCUT2D eigenvalue weighted by molar-refractivity contribution is -0.169. The lowest BCUT2D eigenvalue weighted by Crippen LogP contribution is -2.63. The Labute approximate surface area is 197 Å². The second kappa shape index (κ2) is 9.67. The first-order chi connectivity index (χ1) is 15.7. The van der Waals surface area contributed by atoms with Crippen LogP contribution in [-0.4, -0.2) is 51.1 Å². The third-order valence-corrected chi connectivity index (χ3v) is 6.85. The summed E-state index contributed by atoms with van der Waals surface area (Å²) >= 11 is -2.25. The molecule has 1 aromatic heterocycles. The van der Waals surface area contributed by atoms with Crippen LogP contribution in [-0.2, 0) is 16.2 Å². The van der Waals surface area contributed by atoms with Gasteiger partial charge in [-0.15, -0.1) is 4.72 Å². The maximum atomic E-state index is 13.8. The Morgan fingerprint density at radius 2 is 1.94 bits per heavy atom. The average Bonchev–Trinajstić information content (AvgIpc) is 3.47. The van der Waals surface area contributed by atoms with Gasteiger partial charge in [-0.25, -0.2) is 4.79 Å². The van der Waals surface area contributed by atoms with Crippen molar-refractivity contribution in [3.63, 3.8) is 0 Å². The number of ether oxygens (including phenoxy) is 1. The molecule has 1 saturated carbocycles. The van der Waals surface area contributed by atoms with E-state index in [0.29, 0.717) is 23.9 Å². The van der Waals surface area contributed by atoms with Gasteiger partial charge in [0.05, 0.1) is 12.2 Å². The fraction of sp³-hybridized carbons (Fsp3) is 0.545. The lowest BCUT2D eigenvalue weighted by atomic mass is 10.1. The number of furan rings is 1. The molecule has 1 aromatic carbocycles. The number of aryl methyl sites for hydroxylation is 1. The molecule has 1 aliphatic rings. The van der Waals surface area contributed by atoms with E-state index in [1.807, 2.05) is 10.0 Å². The number of fused-ring (bicyclic) bond motifs is 1. The van der Waals surface area contributed by atoms with Gasteiger partial charge in [0.25, 0.3) is 5.91 Å². The van der Waals surface area contributed by atoms with Gasteiger partial charge in [0, 0.05) is 16.7 Å². The van der Waals surface area contributed by atoms with Crippen molar-refractivity contribution >= 4 is 34.2 Å². The summed E-state index contributed by atoms with van der Waals surface area (Å²) in [7, 11) is 0. The zero-order chi connectivity index (χ0) is 25.4. The first-order valence-electron chi connectivity index (χ1n) is 10.6. The van der Waals surface area contributed by atoms with Crippen LogP contribution in [0.15, 0.2) is 22.6 Å². The second-order valence-corrected chi connectivity index (χ2v) is 11.3. The predicted octanol–water partition coefficient (Wildman–Crippen LogP) is 3.70. The number of carbonyl (C=O) groups excluding carboxylic acids is 1. The molecule has 1 heterocycles. The zero-order valence-electron chi connectivity index (χ0n) is 19.1. The van der Waals surface area contributed by atoms with E-state index >= 15 is 0 Å². The second-order valence-electron chi connectivity index (χ2n) is 9.25. The van der Waals surface area contributed by atoms with E-state index in [9.17, 15) is 32.4 Å². The van der Waals surface area contributed by atoms with E-state index < -0.39 is 46.2 Å². The van der Waals surface area contributed by atoms with Crippen LogP contribution < -0.4 is 14.8 Å². The molecule has 8 nitrogen and oxygen atoms in total. The highest BCUT2D eigenvalue weighted by atomic mass is 32.2. The van der Waals surface area contributed by atoms with Gasteiger partial charge < -0.3 is 24.1 Å². The first-order valence-corrected chi connectivity index (χ1v) is 11.8. The van der Waals surface area contributed by atoms with Crippen molar-refractivity contribution < 1.29 is 41.6 Å². The van der Waals surface area contributed by atoms with Crippen molar-refractivity contribution in [1.29, 1.82) is 0 Å². The summed E-state index contributed by atoms with van der Waals surface area (Å²) in [4.78, 5) is 24.8. The molecule has 1 fully saturated rings. The number of nitrogens with one attached hydrogen (secondary N) is 2. The van der Waals surface area contributed by atoms with Gasteiger partial charge >= 0.3 is 12.1 Å². The number of alkyl halides is 3. The van der Waals surface area contributed by atoms with Crippen LogP contribution in [0, 0.1) is 12.8 Å². The van der Waals surface area contributed by atoms with Crippen LogP contribution in [0.1, 0.15) is 49.7 Å². The summed E-state index contributed by atoms with van der Waals surface area (Å²) in [5.74, 6) is -1.97. The largest absolute Gasteiger partial charge is 0.598 e. The Bertz CT molecular complexity index is 1060. The van der Waals surface area contributed by atoms with E-state index in [1.165, 1.54) is 33.8 Å². The van der Waals surface area contributed by atoms with Crippen LogP contribution >= 0.6 is 0 Å². The van der Waals surface area contributed by atoms with Crippen molar-refractivity contribution in [2.24, 2.45) is 5.92 Å². The molecule has 2 unspecified atom stereocenters. The third-order valence-electron chi connectivity index (χ3n) is 5.27. The lowest BCUT2D eigenvalue weighted by Gasteiger charge is -2.31. The Balaban J connectivity index is 1.89. The van der Waals surface area contributed by atoms with Gasteiger partial charge in [0.15, 0.2) is 12.1 Å². The van der Waals surface area contributed by atoms with Crippen LogP contribution in [0.3, 0.4) is 0 Å². The van der Waals surface area contributed by atoms with Crippen molar-refractivity contribution in [2.75, 3.05) is 6.61 Å². The van der Waals surface area contributed by atoms with Gasteiger partial charge in [-0.2, -0.15) is 13.2 Å². The number of amides is 1. The highest BCUT2D eigenvalue weighted by Gasteiger charge is 2.52. The molecule has 1 amide bonds. The summed E-state index contributed by atoms with van der Waals surface area (Å²) in [6.07, 6.45) is -2.97. The number of aliphatic carboxylic acids is 1. The fourth-order valence-corrected chi connectivity index (χ4v) is 4.04. The molecule has 12 heteroatoms. The van der Waals surface area contributed by atoms with Gasteiger partial charge in [-0.3, -0.25) is 4.79 Å². The van der Waals surface area contributed by atoms with Gasteiger partial charge in [0.1, 0.15) is 21.8 Å². The van der Waals surface area contributed by atoms with Crippen LogP contribution in [0.25, 0.3) is 11.0 Å². The molecule has 0 aliphatic heterocycles. The van der Waals surface area contributed by atoms with Crippen LogP contribution in [0.2, 0.25) is 0 Å². The molecule has 0 bridgehead atoms. The quantitative estimate of drug-likeness (QED) is 0.445. The summed E-state index contributed by atoms with van der Waals surface area (Å²) in [6.45, 7) is 6.25. The maximum absolute atomic E-state index is 13.8. The molecular formula is C22H27F3N2O6S. The molecule has 0 spiro atoms. The van der Waals surface area contributed by atoms with E-state index in [2.05, 4.69) is 0 Å². The molecule has 3 rings (SSSR count). The van der Waals surface area contributed by atoms with E-state index in [-0.39, 0.29) is 16.7 Å². The molecule has 3 atom stereocenters. The van der Waals surface area contributed by atoms with Crippen molar-refractivity contribution in [2.45, 2.75) is 63.5 Å². The number of carbonyl (C=O) groups is 2. The molecule has 188 valence electrons. The summed E-state index contributed by atoms with van der Waals surface area (Å²) < 4.78 is 65.6. The Kier molecular flexibility index (Phi) is 7.44. The Hall–Kier alpha value is -2.44. The number of hydrogen-bond acceptors (Lipinski definition) is 6. The predicted molar refractivity (Wildman–Crippen MR) is 119 cm³/mol. The Morgan fingerprint density at radius 1 is 1.29 bits per heavy atom. The number of benzene rings is 1. The summed E-state index contributed by atoms with van der Waals surface area (Å²) in [5.41, 5.74) is 0.198. The Morgan fingerprint density at radius 3 is 2.47 bits per heavy atom. The van der Waals surface area contributed by atoms with Crippen molar-refractivity contribution in [3.8, 4) is 5.75 Å². The molecule has 1 aliphatic carbocycles. The molecule has 2 aromatic rings. The number of rotatable bonds is 9. The topological polar surface area (TPSA) is 124 Å². The van der Waals surface area contributed by atoms with Crippen LogP contribution in [0.4, 0.5) is 13.2 Å². The number of hydrogen-bond donors (Lipinski definition) is 3. The minimum absolute atomic E-state index is 0.101. The first kappa shape index (κ1) is 26.2. The normalized spacial score (nSPS) is 17.3. The van der Waals surface area contributed by atoms with Crippen LogP contribution in [0.5, 0.6) is 5.75 Å². The van der Waals surface area contributed by atoms with Gasteiger partial charge in [-0.05, 0) is 64.7 Å². The van der Waals surface area contributed by atoms with Crippen molar-refractivity contribution in [1.82, 2.24) is 10.0 Å². The molecule has 0 radical (unpaired) electrons. The smallest absolute Gasteiger partial charge is 0.410 e. The highest BCUT2D eigenvalue weighted by molar-refractivity contribution is 7.90. The number of carboxylic acids is 1. The highest BCUT2D eigenvalue weighted by Crippen LogP contribution is 2.33. The van der Waals surface area contributed by atoms with E-state index in [0.717, 1.165) is 12.8 Å². The zero-order valence-corrected chi connectivity index (χ0v) is 19.9. The van der Waals surface area contributed by atoms with Crippen molar-refractivity contribution in [3.05, 3.63) is 29.5 Å². The molecule has 34 heavy (non-hydrogen) atoms.